The second-order valence-corrected chi connectivity index (χ2v) is 6.01. The van der Waals surface area contributed by atoms with Crippen LogP contribution < -0.4 is 11.1 Å². The van der Waals surface area contributed by atoms with Gasteiger partial charge in [-0.2, -0.15) is 0 Å². The fourth-order valence-corrected chi connectivity index (χ4v) is 2.18. The van der Waals surface area contributed by atoms with Gasteiger partial charge >= 0.3 is 0 Å². The summed E-state index contributed by atoms with van der Waals surface area (Å²) in [6.45, 7) is 3.75. The smallest absolute Gasteiger partial charge is 0.225 e. The van der Waals surface area contributed by atoms with Crippen LogP contribution in [0.2, 0.25) is 0 Å². The summed E-state index contributed by atoms with van der Waals surface area (Å²) in [5.74, 6) is -0.208. The lowest BCUT2D eigenvalue weighted by Gasteiger charge is -2.26. The molecule has 124 valence electrons. The number of carbonyl (C=O) groups excluding carboxylic acids is 2. The fraction of sp³-hybridized carbons (Fsp3) is 0.467. The third-order valence-electron chi connectivity index (χ3n) is 3.42. The third kappa shape index (κ3) is 6.34. The molecule has 2 amide bonds. The standard InChI is InChI=1S/C15H22BrN3O2.ClH/c1-10(9-17)19(3)15(21)8-14(18-11(2)20)12-4-6-13(16)7-5-12;/h4-7,10,14H,8-9,17H2,1-3H3,(H,18,20);1H. The lowest BCUT2D eigenvalue weighted by molar-refractivity contribution is -0.132. The predicted octanol–water partition coefficient (Wildman–Crippen LogP) is 2.24. The molecule has 0 aliphatic carbocycles. The lowest BCUT2D eigenvalue weighted by atomic mass is 10.0. The van der Waals surface area contributed by atoms with Gasteiger partial charge in [0.25, 0.3) is 0 Å². The molecular weight excluding hydrogens is 370 g/mol. The molecule has 0 aliphatic heterocycles. The number of benzene rings is 1. The quantitative estimate of drug-likeness (QED) is 0.779. The zero-order valence-electron chi connectivity index (χ0n) is 13.0. The molecular formula is C15H23BrClN3O2. The Kier molecular flexibility index (Phi) is 9.32. The number of nitrogens with two attached hydrogens (primary N) is 1. The van der Waals surface area contributed by atoms with Gasteiger partial charge in [0.15, 0.2) is 0 Å². The SMILES string of the molecule is CC(=O)NC(CC(=O)N(C)C(C)CN)c1ccc(Br)cc1.Cl. The summed E-state index contributed by atoms with van der Waals surface area (Å²) in [4.78, 5) is 25.3. The summed E-state index contributed by atoms with van der Waals surface area (Å²) in [6.07, 6.45) is 0.210. The van der Waals surface area contributed by atoms with Gasteiger partial charge in [-0.15, -0.1) is 12.4 Å². The van der Waals surface area contributed by atoms with Crippen molar-refractivity contribution in [1.29, 1.82) is 0 Å². The summed E-state index contributed by atoms with van der Waals surface area (Å²) in [5.41, 5.74) is 6.48. The number of hydrogen-bond donors (Lipinski definition) is 2. The average molecular weight is 393 g/mol. The summed E-state index contributed by atoms with van der Waals surface area (Å²) in [6, 6.07) is 7.20. The molecule has 0 fully saturated rings. The monoisotopic (exact) mass is 391 g/mol. The van der Waals surface area contributed by atoms with E-state index in [1.54, 1.807) is 11.9 Å². The van der Waals surface area contributed by atoms with E-state index in [4.69, 9.17) is 5.73 Å². The number of halogens is 2. The highest BCUT2D eigenvalue weighted by Crippen LogP contribution is 2.21. The molecule has 3 N–H and O–H groups in total. The number of amides is 2. The zero-order chi connectivity index (χ0) is 16.0. The van der Waals surface area contributed by atoms with E-state index in [2.05, 4.69) is 21.2 Å². The van der Waals surface area contributed by atoms with Crippen LogP contribution in [0.25, 0.3) is 0 Å². The predicted molar refractivity (Wildman–Crippen MR) is 93.9 cm³/mol. The second kappa shape index (κ2) is 9.82. The van der Waals surface area contributed by atoms with E-state index >= 15 is 0 Å². The molecule has 0 radical (unpaired) electrons. The molecule has 1 aromatic rings. The maximum Gasteiger partial charge on any atom is 0.225 e. The first kappa shape index (κ1) is 20.9. The van der Waals surface area contributed by atoms with Gasteiger partial charge in [-0.3, -0.25) is 9.59 Å². The van der Waals surface area contributed by atoms with Crippen LogP contribution in [-0.4, -0.2) is 36.3 Å². The Morgan fingerprint density at radius 3 is 2.32 bits per heavy atom. The van der Waals surface area contributed by atoms with Crippen molar-refractivity contribution in [2.45, 2.75) is 32.4 Å². The number of rotatable bonds is 6. The number of nitrogens with one attached hydrogen (secondary N) is 1. The van der Waals surface area contributed by atoms with E-state index in [0.717, 1.165) is 10.0 Å². The van der Waals surface area contributed by atoms with E-state index in [1.807, 2.05) is 31.2 Å². The normalized spacial score (nSPS) is 12.8. The first-order valence-corrected chi connectivity index (χ1v) is 7.62. The van der Waals surface area contributed by atoms with Crippen LogP contribution in [0.5, 0.6) is 0 Å². The van der Waals surface area contributed by atoms with Crippen molar-refractivity contribution in [3.05, 3.63) is 34.3 Å². The van der Waals surface area contributed by atoms with Crippen molar-refractivity contribution in [3.8, 4) is 0 Å². The van der Waals surface area contributed by atoms with Gasteiger partial charge in [0.2, 0.25) is 11.8 Å². The Hall–Kier alpha value is -1.11. The molecule has 0 saturated heterocycles. The molecule has 1 aromatic carbocycles. The molecule has 0 aromatic heterocycles. The van der Waals surface area contributed by atoms with Gasteiger partial charge in [0.1, 0.15) is 0 Å². The summed E-state index contributed by atoms with van der Waals surface area (Å²) < 4.78 is 0.952. The molecule has 0 bridgehead atoms. The van der Waals surface area contributed by atoms with Gasteiger partial charge in [0, 0.05) is 31.0 Å². The molecule has 2 unspecified atom stereocenters. The third-order valence-corrected chi connectivity index (χ3v) is 3.95. The van der Waals surface area contributed by atoms with Crippen LogP contribution in [0.4, 0.5) is 0 Å². The number of likely N-dealkylation sites (N-methyl/N-ethyl adjacent to an activating group) is 1. The van der Waals surface area contributed by atoms with Crippen molar-refractivity contribution < 1.29 is 9.59 Å². The Morgan fingerprint density at radius 2 is 1.86 bits per heavy atom. The molecule has 0 aliphatic rings. The molecule has 0 saturated carbocycles. The van der Waals surface area contributed by atoms with E-state index in [-0.39, 0.29) is 42.7 Å². The molecule has 5 nitrogen and oxygen atoms in total. The van der Waals surface area contributed by atoms with Crippen LogP contribution in [0, 0.1) is 0 Å². The van der Waals surface area contributed by atoms with Gasteiger partial charge in [-0.05, 0) is 24.6 Å². The summed E-state index contributed by atoms with van der Waals surface area (Å²) >= 11 is 3.37. The highest BCUT2D eigenvalue weighted by molar-refractivity contribution is 9.10. The van der Waals surface area contributed by atoms with Crippen LogP contribution in [0.1, 0.15) is 31.9 Å². The lowest BCUT2D eigenvalue weighted by Crippen LogP contribution is -2.41. The highest BCUT2D eigenvalue weighted by atomic mass is 79.9. The van der Waals surface area contributed by atoms with Gasteiger partial charge < -0.3 is 16.0 Å². The minimum atomic E-state index is -0.337. The number of hydrogen-bond acceptors (Lipinski definition) is 3. The Morgan fingerprint density at radius 1 is 1.32 bits per heavy atom. The molecule has 0 heterocycles. The maximum atomic E-state index is 12.3. The van der Waals surface area contributed by atoms with E-state index in [9.17, 15) is 9.59 Å². The number of nitrogens with zero attached hydrogens (tertiary/aromatic N) is 1. The van der Waals surface area contributed by atoms with E-state index in [1.165, 1.54) is 6.92 Å². The summed E-state index contributed by atoms with van der Waals surface area (Å²) in [5, 5.41) is 2.83. The molecule has 22 heavy (non-hydrogen) atoms. The van der Waals surface area contributed by atoms with E-state index in [0.29, 0.717) is 6.54 Å². The van der Waals surface area contributed by atoms with Crippen LogP contribution >= 0.6 is 28.3 Å². The van der Waals surface area contributed by atoms with E-state index < -0.39 is 0 Å². The Labute approximate surface area is 146 Å². The topological polar surface area (TPSA) is 75.4 Å². The Balaban J connectivity index is 0.00000441. The largest absolute Gasteiger partial charge is 0.349 e. The van der Waals surface area contributed by atoms with Crippen molar-refractivity contribution >= 4 is 40.2 Å². The first-order valence-electron chi connectivity index (χ1n) is 6.83. The van der Waals surface area contributed by atoms with Crippen molar-refractivity contribution in [3.63, 3.8) is 0 Å². The number of carbonyl (C=O) groups is 2. The summed E-state index contributed by atoms with van der Waals surface area (Å²) in [7, 11) is 1.73. The average Bonchev–Trinajstić information content (AvgIpc) is 2.45. The van der Waals surface area contributed by atoms with Crippen molar-refractivity contribution in [2.75, 3.05) is 13.6 Å². The zero-order valence-corrected chi connectivity index (χ0v) is 15.4. The molecule has 1 rings (SSSR count). The highest BCUT2D eigenvalue weighted by Gasteiger charge is 2.21. The first-order chi connectivity index (χ1) is 9.85. The van der Waals surface area contributed by atoms with Crippen LogP contribution in [0.15, 0.2) is 28.7 Å². The van der Waals surface area contributed by atoms with Crippen LogP contribution in [-0.2, 0) is 9.59 Å². The minimum Gasteiger partial charge on any atom is -0.349 e. The minimum absolute atomic E-state index is 0. The van der Waals surface area contributed by atoms with Crippen LogP contribution in [0.3, 0.4) is 0 Å². The second-order valence-electron chi connectivity index (χ2n) is 5.10. The Bertz CT molecular complexity index is 496. The van der Waals surface area contributed by atoms with Crippen molar-refractivity contribution in [2.24, 2.45) is 5.73 Å². The van der Waals surface area contributed by atoms with Gasteiger partial charge in [0.05, 0.1) is 12.5 Å². The van der Waals surface area contributed by atoms with Crippen molar-refractivity contribution in [1.82, 2.24) is 10.2 Å². The molecule has 0 spiro atoms. The fourth-order valence-electron chi connectivity index (χ4n) is 1.92. The maximum absolute atomic E-state index is 12.3. The van der Waals surface area contributed by atoms with Gasteiger partial charge in [-0.25, -0.2) is 0 Å². The molecule has 7 heteroatoms. The van der Waals surface area contributed by atoms with Gasteiger partial charge in [-0.1, -0.05) is 28.1 Å². The molecule has 2 atom stereocenters.